The number of hydrogen-bond donors (Lipinski definition) is 3. The molecule has 32 heavy (non-hydrogen) atoms. The van der Waals surface area contributed by atoms with Gasteiger partial charge in [0, 0.05) is 18.8 Å². The third-order valence-electron chi connectivity index (χ3n) is 5.97. The van der Waals surface area contributed by atoms with Crippen molar-refractivity contribution in [2.75, 3.05) is 0 Å². The topological polar surface area (TPSA) is 86.6 Å². The van der Waals surface area contributed by atoms with Gasteiger partial charge < -0.3 is 15.4 Å². The van der Waals surface area contributed by atoms with Gasteiger partial charge in [-0.25, -0.2) is 0 Å². The fourth-order valence-electron chi connectivity index (χ4n) is 3.95. The molecule has 0 spiro atoms. The second-order valence-corrected chi connectivity index (χ2v) is 9.15. The number of carbonyl (C=O) groups excluding carboxylic acids is 2. The summed E-state index contributed by atoms with van der Waals surface area (Å²) >= 11 is 0. The Morgan fingerprint density at radius 2 is 1.69 bits per heavy atom. The van der Waals surface area contributed by atoms with E-state index in [1.54, 1.807) is 0 Å². The molecule has 0 saturated carbocycles. The van der Waals surface area contributed by atoms with Gasteiger partial charge in [-0.3, -0.25) is 9.59 Å². The Morgan fingerprint density at radius 3 is 2.31 bits per heavy atom. The predicted octanol–water partition coefficient (Wildman–Crippen LogP) is 3.60. The van der Waals surface area contributed by atoms with E-state index < -0.39 is 19.0 Å². The summed E-state index contributed by atoms with van der Waals surface area (Å²) in [5.41, 5.74) is 4.53. The van der Waals surface area contributed by atoms with Gasteiger partial charge in [0.1, 0.15) is 5.78 Å². The van der Waals surface area contributed by atoms with Gasteiger partial charge in [0.05, 0.1) is 5.94 Å². The first-order valence-corrected chi connectivity index (χ1v) is 11.4. The van der Waals surface area contributed by atoms with Crippen molar-refractivity contribution >= 4 is 18.8 Å². The average Bonchev–Trinajstić information content (AvgIpc) is 2.74. The summed E-state index contributed by atoms with van der Waals surface area (Å²) in [6, 6.07) is 15.7. The van der Waals surface area contributed by atoms with Gasteiger partial charge >= 0.3 is 7.12 Å². The molecule has 2 aromatic carbocycles. The first kappa shape index (κ1) is 25.8. The first-order valence-electron chi connectivity index (χ1n) is 11.4. The van der Waals surface area contributed by atoms with E-state index in [1.807, 2.05) is 56.3 Å². The van der Waals surface area contributed by atoms with Crippen molar-refractivity contribution in [1.82, 2.24) is 5.32 Å². The molecule has 0 heterocycles. The molecule has 2 atom stereocenters. The molecule has 0 aromatic heterocycles. The monoisotopic (exact) mass is 437 g/mol. The molecule has 0 bridgehead atoms. The van der Waals surface area contributed by atoms with Gasteiger partial charge in [0.15, 0.2) is 0 Å². The zero-order valence-electron chi connectivity index (χ0n) is 19.7. The first-order chi connectivity index (χ1) is 15.2. The average molecular weight is 437 g/mol. The highest BCUT2D eigenvalue weighted by molar-refractivity contribution is 6.43. The lowest BCUT2D eigenvalue weighted by Gasteiger charge is -2.23. The molecule has 172 valence electrons. The number of aryl methyl sites for hydroxylation is 2. The summed E-state index contributed by atoms with van der Waals surface area (Å²) in [7, 11) is -1.64. The van der Waals surface area contributed by atoms with Crippen LogP contribution in [0.2, 0.25) is 0 Å². The van der Waals surface area contributed by atoms with Gasteiger partial charge in [-0.2, -0.15) is 0 Å². The van der Waals surface area contributed by atoms with E-state index >= 15 is 0 Å². The lowest BCUT2D eigenvalue weighted by Crippen LogP contribution is -2.49. The molecule has 0 radical (unpaired) electrons. The number of benzene rings is 2. The molecule has 0 aliphatic rings. The summed E-state index contributed by atoms with van der Waals surface area (Å²) in [6.07, 6.45) is 2.03. The summed E-state index contributed by atoms with van der Waals surface area (Å²) in [4.78, 5) is 25.9. The normalized spacial score (nSPS) is 13.0. The van der Waals surface area contributed by atoms with Crippen LogP contribution in [0.3, 0.4) is 0 Å². The Bertz CT molecular complexity index is 883. The lowest BCUT2D eigenvalue weighted by molar-refractivity contribution is -0.129. The third-order valence-corrected chi connectivity index (χ3v) is 5.97. The number of rotatable bonds is 12. The molecular weight excluding hydrogens is 401 g/mol. The zero-order valence-corrected chi connectivity index (χ0v) is 19.7. The van der Waals surface area contributed by atoms with Crippen molar-refractivity contribution in [3.05, 3.63) is 70.8 Å². The summed E-state index contributed by atoms with van der Waals surface area (Å²) in [6.45, 7) is 8.04. The number of hydrogen-bond acceptors (Lipinski definition) is 4. The Labute approximate surface area is 192 Å². The van der Waals surface area contributed by atoms with E-state index in [0.717, 1.165) is 11.1 Å². The molecule has 0 aliphatic heterocycles. The van der Waals surface area contributed by atoms with Gasteiger partial charge in [-0.05, 0) is 61.3 Å². The van der Waals surface area contributed by atoms with Crippen molar-refractivity contribution in [1.29, 1.82) is 0 Å². The van der Waals surface area contributed by atoms with Crippen LogP contribution in [-0.4, -0.2) is 34.8 Å². The van der Waals surface area contributed by atoms with Crippen LogP contribution in [0.1, 0.15) is 55.4 Å². The van der Waals surface area contributed by atoms with Crippen molar-refractivity contribution in [2.24, 2.45) is 11.8 Å². The Morgan fingerprint density at radius 1 is 1.00 bits per heavy atom. The van der Waals surface area contributed by atoms with Crippen LogP contribution < -0.4 is 5.32 Å². The molecule has 0 fully saturated rings. The molecule has 0 unspecified atom stereocenters. The van der Waals surface area contributed by atoms with E-state index in [0.29, 0.717) is 25.7 Å². The Balaban J connectivity index is 2.09. The maximum Gasteiger partial charge on any atom is 0.475 e. The minimum atomic E-state index is -1.64. The van der Waals surface area contributed by atoms with Crippen LogP contribution >= 0.6 is 0 Å². The summed E-state index contributed by atoms with van der Waals surface area (Å²) in [5, 5.41) is 22.2. The van der Waals surface area contributed by atoms with Crippen LogP contribution in [0.5, 0.6) is 0 Å². The highest BCUT2D eigenvalue weighted by Crippen LogP contribution is 2.19. The maximum atomic E-state index is 13.1. The van der Waals surface area contributed by atoms with Crippen molar-refractivity contribution in [3.8, 4) is 0 Å². The number of amides is 1. The molecule has 0 saturated heterocycles. The highest BCUT2D eigenvalue weighted by atomic mass is 16.4. The van der Waals surface area contributed by atoms with Crippen LogP contribution in [-0.2, 0) is 22.4 Å². The number of nitrogens with one attached hydrogen (secondary N) is 1. The van der Waals surface area contributed by atoms with Crippen LogP contribution in [0.25, 0.3) is 0 Å². The highest BCUT2D eigenvalue weighted by Gasteiger charge is 2.30. The minimum Gasteiger partial charge on any atom is -0.426 e. The van der Waals surface area contributed by atoms with Gasteiger partial charge in [0.25, 0.3) is 0 Å². The smallest absolute Gasteiger partial charge is 0.426 e. The Hall–Kier alpha value is -2.44. The molecule has 2 aromatic rings. The molecule has 3 N–H and O–H groups in total. The van der Waals surface area contributed by atoms with E-state index in [9.17, 15) is 19.6 Å². The number of ketones is 1. The zero-order chi connectivity index (χ0) is 23.7. The van der Waals surface area contributed by atoms with E-state index in [1.165, 1.54) is 11.1 Å². The Kier molecular flexibility index (Phi) is 10.1. The molecule has 6 heteroatoms. The maximum absolute atomic E-state index is 13.1. The van der Waals surface area contributed by atoms with E-state index in [4.69, 9.17) is 0 Å². The molecule has 5 nitrogen and oxygen atoms in total. The fraction of sp³-hybridized carbons (Fsp3) is 0.462. The van der Waals surface area contributed by atoms with Crippen LogP contribution in [0.15, 0.2) is 48.5 Å². The van der Waals surface area contributed by atoms with Gasteiger partial charge in [-0.1, -0.05) is 62.4 Å². The standard InChI is InChI=1S/C26H36BNO4/c1-18(2)15-25(27(31)32)28-26(30)23(16-21-10-6-5-7-11-21)17-24(29)14-13-22-12-8-9-19(3)20(22)4/h5-12,18,23,25,31-32H,13-17H2,1-4H3,(H,28,30)/t23-,25+/m1/s1. The van der Waals surface area contributed by atoms with Crippen molar-refractivity contribution in [3.63, 3.8) is 0 Å². The van der Waals surface area contributed by atoms with Crippen molar-refractivity contribution in [2.45, 2.75) is 65.7 Å². The molecule has 2 rings (SSSR count). The fourth-order valence-corrected chi connectivity index (χ4v) is 3.95. The minimum absolute atomic E-state index is 0.0342. The summed E-state index contributed by atoms with van der Waals surface area (Å²) in [5.74, 6) is -1.41. The van der Waals surface area contributed by atoms with Crippen LogP contribution in [0.4, 0.5) is 0 Å². The second-order valence-electron chi connectivity index (χ2n) is 9.15. The van der Waals surface area contributed by atoms with Crippen LogP contribution in [0, 0.1) is 25.7 Å². The predicted molar refractivity (Wildman–Crippen MR) is 129 cm³/mol. The van der Waals surface area contributed by atoms with Crippen molar-refractivity contribution < 1.29 is 19.6 Å². The quantitative estimate of drug-likeness (QED) is 0.443. The second kappa shape index (κ2) is 12.6. The van der Waals surface area contributed by atoms with Gasteiger partial charge in [-0.15, -0.1) is 0 Å². The summed E-state index contributed by atoms with van der Waals surface area (Å²) < 4.78 is 0. The SMILES string of the molecule is Cc1cccc(CCC(=O)C[C@@H](Cc2ccccc2)C(=O)N[C@@H](CC(C)C)B(O)O)c1C. The molecule has 0 aliphatic carbocycles. The number of carbonyl (C=O) groups is 2. The van der Waals surface area contributed by atoms with Gasteiger partial charge in [0.2, 0.25) is 5.91 Å². The molecular formula is C26H36BNO4. The lowest BCUT2D eigenvalue weighted by atomic mass is 9.74. The third kappa shape index (κ3) is 8.25. The van der Waals surface area contributed by atoms with E-state index in [2.05, 4.69) is 25.2 Å². The largest absolute Gasteiger partial charge is 0.475 e. The molecule has 1 amide bonds. The number of Topliss-reactive ketones (excluding diaryl/α,β-unsaturated/α-hetero) is 1. The van der Waals surface area contributed by atoms with E-state index in [-0.39, 0.29) is 24.0 Å².